The number of rotatable bonds is 6. The number of hydrogen-bond acceptors (Lipinski definition) is 6. The Morgan fingerprint density at radius 2 is 1.97 bits per heavy atom. The van der Waals surface area contributed by atoms with Gasteiger partial charge < -0.3 is 20.0 Å². The van der Waals surface area contributed by atoms with E-state index in [1.807, 2.05) is 18.2 Å². The Balaban J connectivity index is 1.54. The molecule has 2 atom stereocenters. The second kappa shape index (κ2) is 9.34. The van der Waals surface area contributed by atoms with Gasteiger partial charge in [-0.3, -0.25) is 14.7 Å². The molecule has 11 nitrogen and oxygen atoms in total. The highest BCUT2D eigenvalue weighted by atomic mass is 16.4. The van der Waals surface area contributed by atoms with Gasteiger partial charge in [0.05, 0.1) is 24.8 Å². The van der Waals surface area contributed by atoms with E-state index in [2.05, 4.69) is 16.8 Å². The number of aromatic hydroxyl groups is 1. The Morgan fingerprint density at radius 3 is 2.69 bits per heavy atom. The monoisotopic (exact) mass is 490 g/mol. The lowest BCUT2D eigenvalue weighted by molar-refractivity contribution is -0.192. The SMILES string of the molecule is C=CCN1CC(=O)N2[C@@H](Cc3ccc(O)cc3)C(=O)N(Cc3cccc4[nH]ncc34)C[C@@H]2N1C(=O)O. The van der Waals surface area contributed by atoms with Crippen molar-refractivity contribution < 1.29 is 24.6 Å². The molecule has 0 bridgehead atoms. The molecule has 0 radical (unpaired) electrons. The van der Waals surface area contributed by atoms with E-state index in [-0.39, 0.29) is 50.2 Å². The number of nitrogens with zero attached hydrogens (tertiary/aromatic N) is 5. The van der Waals surface area contributed by atoms with Crippen LogP contribution in [0.2, 0.25) is 0 Å². The number of nitrogens with one attached hydrogen (secondary N) is 1. The van der Waals surface area contributed by atoms with E-state index in [4.69, 9.17) is 0 Å². The molecular formula is C25H26N6O5. The van der Waals surface area contributed by atoms with Gasteiger partial charge in [0.15, 0.2) is 0 Å². The van der Waals surface area contributed by atoms with Gasteiger partial charge in [0.2, 0.25) is 11.8 Å². The fraction of sp³-hybridized carbons (Fsp3) is 0.280. The van der Waals surface area contributed by atoms with Crippen LogP contribution in [0.4, 0.5) is 4.79 Å². The van der Waals surface area contributed by atoms with Gasteiger partial charge >= 0.3 is 6.09 Å². The molecule has 2 saturated heterocycles. The fourth-order valence-corrected chi connectivity index (χ4v) is 5.06. The number of amides is 3. The van der Waals surface area contributed by atoms with Crippen molar-refractivity contribution in [1.29, 1.82) is 0 Å². The van der Waals surface area contributed by atoms with Crippen molar-refractivity contribution in [1.82, 2.24) is 30.0 Å². The molecule has 36 heavy (non-hydrogen) atoms. The minimum absolute atomic E-state index is 0.0187. The summed E-state index contributed by atoms with van der Waals surface area (Å²) in [5.74, 6) is -0.503. The number of H-pyrrole nitrogens is 1. The minimum atomic E-state index is -1.21. The molecule has 1 aromatic heterocycles. The second-order valence-electron chi connectivity index (χ2n) is 8.90. The average Bonchev–Trinajstić information content (AvgIpc) is 3.33. The van der Waals surface area contributed by atoms with Crippen LogP contribution in [0.1, 0.15) is 11.1 Å². The molecule has 0 aliphatic carbocycles. The quantitative estimate of drug-likeness (QED) is 0.449. The summed E-state index contributed by atoms with van der Waals surface area (Å²) in [6.07, 6.45) is 1.31. The van der Waals surface area contributed by atoms with E-state index >= 15 is 0 Å². The highest BCUT2D eigenvalue weighted by molar-refractivity contribution is 5.92. The summed E-state index contributed by atoms with van der Waals surface area (Å²) >= 11 is 0. The number of hydrogen-bond donors (Lipinski definition) is 3. The first kappa shape index (κ1) is 23.4. The number of carboxylic acid groups (broad SMARTS) is 1. The van der Waals surface area contributed by atoms with Gasteiger partial charge in [0, 0.05) is 24.9 Å². The molecule has 0 unspecified atom stereocenters. The standard InChI is InChI=1S/C25H26N6O5/c1-2-10-29-15-23(33)30-21(11-16-6-8-18(32)9-7-16)24(34)28(14-22(30)31(29)25(35)36)13-17-4-3-5-20-19(17)12-26-27-20/h2-9,12,21-22,32H,1,10-11,13-15H2,(H,26,27)(H,35,36)/t21-,22-/m0/s1. The van der Waals surface area contributed by atoms with E-state index in [1.165, 1.54) is 28.1 Å². The Morgan fingerprint density at radius 1 is 1.19 bits per heavy atom. The molecule has 2 aliphatic heterocycles. The summed E-state index contributed by atoms with van der Waals surface area (Å²) < 4.78 is 0. The van der Waals surface area contributed by atoms with Crippen molar-refractivity contribution in [3.63, 3.8) is 0 Å². The van der Waals surface area contributed by atoms with Crippen LogP contribution in [-0.2, 0) is 22.6 Å². The Hall–Kier alpha value is -4.38. The average molecular weight is 491 g/mol. The molecule has 0 spiro atoms. The lowest BCUT2D eigenvalue weighted by atomic mass is 9.98. The summed E-state index contributed by atoms with van der Waals surface area (Å²) in [6, 6.07) is 11.2. The number of hydrazine groups is 1. The number of aromatic amines is 1. The lowest BCUT2D eigenvalue weighted by Crippen LogP contribution is -2.75. The second-order valence-corrected chi connectivity index (χ2v) is 8.90. The molecule has 11 heteroatoms. The fourth-order valence-electron chi connectivity index (χ4n) is 5.06. The number of fused-ring (bicyclic) bond motifs is 2. The van der Waals surface area contributed by atoms with Crippen LogP contribution in [0.25, 0.3) is 10.9 Å². The Bertz CT molecular complexity index is 1320. The zero-order valence-corrected chi connectivity index (χ0v) is 19.4. The molecule has 3 N–H and O–H groups in total. The van der Waals surface area contributed by atoms with Gasteiger partial charge in [-0.15, -0.1) is 6.58 Å². The molecule has 5 rings (SSSR count). The van der Waals surface area contributed by atoms with Crippen LogP contribution in [0.5, 0.6) is 5.75 Å². The van der Waals surface area contributed by atoms with Crippen molar-refractivity contribution in [2.45, 2.75) is 25.2 Å². The number of carbonyl (C=O) groups excluding carboxylic acids is 2. The number of carbonyl (C=O) groups is 3. The van der Waals surface area contributed by atoms with E-state index in [0.717, 1.165) is 27.0 Å². The normalized spacial score (nSPS) is 20.6. The summed E-state index contributed by atoms with van der Waals surface area (Å²) in [4.78, 5) is 42.5. The number of phenols is 1. The highest BCUT2D eigenvalue weighted by Crippen LogP contribution is 2.30. The predicted molar refractivity (Wildman–Crippen MR) is 129 cm³/mol. The van der Waals surface area contributed by atoms with Gasteiger partial charge in [-0.05, 0) is 29.3 Å². The topological polar surface area (TPSA) is 133 Å². The zero-order valence-electron chi connectivity index (χ0n) is 19.4. The van der Waals surface area contributed by atoms with Crippen LogP contribution in [0, 0.1) is 0 Å². The maximum absolute atomic E-state index is 13.8. The summed E-state index contributed by atoms with van der Waals surface area (Å²) in [5.41, 5.74) is 2.43. The van der Waals surface area contributed by atoms with Crippen molar-refractivity contribution >= 4 is 28.8 Å². The van der Waals surface area contributed by atoms with Crippen molar-refractivity contribution in [2.24, 2.45) is 0 Å². The van der Waals surface area contributed by atoms with Gasteiger partial charge in [0.25, 0.3) is 0 Å². The Labute approximate surface area is 206 Å². The first-order valence-corrected chi connectivity index (χ1v) is 11.5. The summed E-state index contributed by atoms with van der Waals surface area (Å²) in [5, 5.41) is 30.2. The van der Waals surface area contributed by atoms with Crippen LogP contribution in [0.15, 0.2) is 61.3 Å². The van der Waals surface area contributed by atoms with Crippen LogP contribution >= 0.6 is 0 Å². The molecule has 2 aromatic carbocycles. The Kier molecular flexibility index (Phi) is 6.06. The first-order chi connectivity index (χ1) is 17.4. The maximum Gasteiger partial charge on any atom is 0.424 e. The number of phenolic OH excluding ortho intramolecular Hbond substituents is 1. The van der Waals surface area contributed by atoms with Gasteiger partial charge in [-0.25, -0.2) is 14.8 Å². The van der Waals surface area contributed by atoms with Crippen LogP contribution < -0.4 is 0 Å². The van der Waals surface area contributed by atoms with E-state index in [0.29, 0.717) is 0 Å². The van der Waals surface area contributed by atoms with Gasteiger partial charge in [0.1, 0.15) is 18.0 Å². The number of piperazine rings is 1. The third-order valence-corrected chi connectivity index (χ3v) is 6.67. The maximum atomic E-state index is 13.8. The van der Waals surface area contributed by atoms with Crippen molar-refractivity contribution in [2.75, 3.05) is 19.6 Å². The number of aromatic nitrogens is 2. The molecule has 3 amide bonds. The lowest BCUT2D eigenvalue weighted by Gasteiger charge is -2.54. The molecular weight excluding hydrogens is 464 g/mol. The van der Waals surface area contributed by atoms with E-state index in [1.54, 1.807) is 23.2 Å². The highest BCUT2D eigenvalue weighted by Gasteiger charge is 2.51. The molecule has 0 saturated carbocycles. The van der Waals surface area contributed by atoms with Crippen LogP contribution in [-0.4, -0.2) is 90.0 Å². The molecule has 3 aromatic rings. The van der Waals surface area contributed by atoms with Crippen molar-refractivity contribution in [3.05, 3.63) is 72.4 Å². The predicted octanol–water partition coefficient (Wildman–Crippen LogP) is 1.77. The third kappa shape index (κ3) is 4.13. The number of benzene rings is 2. The molecule has 2 aliphatic rings. The molecule has 2 fully saturated rings. The van der Waals surface area contributed by atoms with Crippen LogP contribution in [0.3, 0.4) is 0 Å². The summed E-state index contributed by atoms with van der Waals surface area (Å²) in [7, 11) is 0. The van der Waals surface area contributed by atoms with E-state index in [9.17, 15) is 24.6 Å². The molecule has 3 heterocycles. The zero-order chi connectivity index (χ0) is 25.4. The van der Waals surface area contributed by atoms with Gasteiger partial charge in [-0.1, -0.05) is 30.3 Å². The summed E-state index contributed by atoms with van der Waals surface area (Å²) in [6.45, 7) is 3.93. The van der Waals surface area contributed by atoms with E-state index < -0.39 is 18.3 Å². The first-order valence-electron chi connectivity index (χ1n) is 11.5. The third-order valence-electron chi connectivity index (χ3n) is 6.67. The van der Waals surface area contributed by atoms with Gasteiger partial charge in [-0.2, -0.15) is 5.10 Å². The minimum Gasteiger partial charge on any atom is -0.508 e. The smallest absolute Gasteiger partial charge is 0.424 e. The molecule has 186 valence electrons. The largest absolute Gasteiger partial charge is 0.508 e. The van der Waals surface area contributed by atoms with Crippen molar-refractivity contribution in [3.8, 4) is 5.75 Å².